The van der Waals surface area contributed by atoms with E-state index in [0.717, 1.165) is 5.56 Å². The summed E-state index contributed by atoms with van der Waals surface area (Å²) in [6.45, 7) is 3.94. The highest BCUT2D eigenvalue weighted by Gasteiger charge is 2.19. The van der Waals surface area contributed by atoms with Gasteiger partial charge in [0, 0.05) is 11.5 Å². The van der Waals surface area contributed by atoms with Crippen LogP contribution in [0.15, 0.2) is 40.8 Å². The van der Waals surface area contributed by atoms with E-state index in [2.05, 4.69) is 0 Å². The molecule has 0 radical (unpaired) electrons. The van der Waals surface area contributed by atoms with Gasteiger partial charge in [0.05, 0.1) is 0 Å². The van der Waals surface area contributed by atoms with Gasteiger partial charge in [0.1, 0.15) is 5.76 Å². The fraction of sp³-hybridized carbons (Fsp3) is 0.214. The van der Waals surface area contributed by atoms with Gasteiger partial charge in [-0.15, -0.1) is 0 Å². The summed E-state index contributed by atoms with van der Waals surface area (Å²) in [6.07, 6.45) is 0. The van der Waals surface area contributed by atoms with Gasteiger partial charge in [0.15, 0.2) is 0 Å². The molecule has 1 heterocycles. The van der Waals surface area contributed by atoms with E-state index < -0.39 is 5.97 Å². The van der Waals surface area contributed by atoms with E-state index in [-0.39, 0.29) is 11.7 Å². The lowest BCUT2D eigenvalue weighted by molar-refractivity contribution is 0.0661. The van der Waals surface area contributed by atoms with Crippen molar-refractivity contribution in [2.24, 2.45) is 0 Å². The van der Waals surface area contributed by atoms with Crippen molar-refractivity contribution in [3.05, 3.63) is 47.9 Å². The zero-order valence-electron chi connectivity index (χ0n) is 9.81. The standard InChI is InChI=1S/C14H14O3/c1-9(2)12-8-11(13(17-12)14(15)16)10-6-4-3-5-7-10/h3-9H,1-2H3,(H,15,16). The highest BCUT2D eigenvalue weighted by molar-refractivity contribution is 5.93. The number of rotatable bonds is 3. The van der Waals surface area contributed by atoms with Crippen molar-refractivity contribution in [1.82, 2.24) is 0 Å². The van der Waals surface area contributed by atoms with Gasteiger partial charge in [0.2, 0.25) is 5.76 Å². The number of aromatic carboxylic acids is 1. The molecule has 0 atom stereocenters. The molecule has 0 amide bonds. The summed E-state index contributed by atoms with van der Waals surface area (Å²) in [5.41, 5.74) is 1.50. The fourth-order valence-corrected chi connectivity index (χ4v) is 1.69. The molecule has 1 N–H and O–H groups in total. The number of hydrogen-bond donors (Lipinski definition) is 1. The molecule has 1 aromatic carbocycles. The summed E-state index contributed by atoms with van der Waals surface area (Å²) < 4.78 is 5.39. The summed E-state index contributed by atoms with van der Waals surface area (Å²) in [7, 11) is 0. The zero-order chi connectivity index (χ0) is 12.4. The highest BCUT2D eigenvalue weighted by atomic mass is 16.4. The number of carbonyl (C=O) groups is 1. The van der Waals surface area contributed by atoms with E-state index in [1.807, 2.05) is 50.2 Å². The van der Waals surface area contributed by atoms with Crippen LogP contribution in [0.25, 0.3) is 11.1 Å². The van der Waals surface area contributed by atoms with Crippen molar-refractivity contribution < 1.29 is 14.3 Å². The van der Waals surface area contributed by atoms with Crippen molar-refractivity contribution in [3.63, 3.8) is 0 Å². The lowest BCUT2D eigenvalue weighted by atomic mass is 10.0. The van der Waals surface area contributed by atoms with E-state index in [1.165, 1.54) is 0 Å². The van der Waals surface area contributed by atoms with Crippen LogP contribution in [-0.4, -0.2) is 11.1 Å². The van der Waals surface area contributed by atoms with Gasteiger partial charge >= 0.3 is 5.97 Å². The van der Waals surface area contributed by atoms with Gasteiger partial charge in [-0.3, -0.25) is 0 Å². The van der Waals surface area contributed by atoms with Crippen molar-refractivity contribution in [2.45, 2.75) is 19.8 Å². The lowest BCUT2D eigenvalue weighted by Gasteiger charge is -1.97. The Balaban J connectivity index is 2.56. The van der Waals surface area contributed by atoms with Crippen molar-refractivity contribution in [2.75, 3.05) is 0 Å². The van der Waals surface area contributed by atoms with Gasteiger partial charge in [-0.2, -0.15) is 0 Å². The van der Waals surface area contributed by atoms with Crippen LogP contribution in [0.5, 0.6) is 0 Å². The van der Waals surface area contributed by atoms with Crippen LogP contribution in [0, 0.1) is 0 Å². The van der Waals surface area contributed by atoms with Crippen molar-refractivity contribution in [3.8, 4) is 11.1 Å². The zero-order valence-corrected chi connectivity index (χ0v) is 9.81. The number of hydrogen-bond acceptors (Lipinski definition) is 2. The van der Waals surface area contributed by atoms with Gasteiger partial charge in [-0.05, 0) is 11.6 Å². The molecule has 0 saturated heterocycles. The average molecular weight is 230 g/mol. The molecule has 0 fully saturated rings. The Bertz CT molecular complexity index is 524. The molecule has 0 unspecified atom stereocenters. The van der Waals surface area contributed by atoms with Crippen molar-refractivity contribution >= 4 is 5.97 Å². The van der Waals surface area contributed by atoms with Crippen LogP contribution in [-0.2, 0) is 0 Å². The molecule has 2 aromatic rings. The Hall–Kier alpha value is -2.03. The largest absolute Gasteiger partial charge is 0.475 e. The molecule has 0 saturated carbocycles. The lowest BCUT2D eigenvalue weighted by Crippen LogP contribution is -1.95. The second-order valence-electron chi connectivity index (χ2n) is 4.22. The maximum absolute atomic E-state index is 11.1. The van der Waals surface area contributed by atoms with Crippen LogP contribution in [0.1, 0.15) is 36.1 Å². The average Bonchev–Trinajstić information content (AvgIpc) is 2.75. The third-order valence-electron chi connectivity index (χ3n) is 2.60. The molecule has 0 aliphatic carbocycles. The molecule has 17 heavy (non-hydrogen) atoms. The van der Waals surface area contributed by atoms with Crippen molar-refractivity contribution in [1.29, 1.82) is 0 Å². The van der Waals surface area contributed by atoms with E-state index >= 15 is 0 Å². The maximum atomic E-state index is 11.1. The molecule has 1 aromatic heterocycles. The van der Waals surface area contributed by atoms with E-state index in [0.29, 0.717) is 11.3 Å². The first-order chi connectivity index (χ1) is 8.09. The van der Waals surface area contributed by atoms with Crippen LogP contribution in [0.2, 0.25) is 0 Å². The summed E-state index contributed by atoms with van der Waals surface area (Å²) in [4.78, 5) is 11.1. The Morgan fingerprint density at radius 3 is 2.41 bits per heavy atom. The number of carboxylic acid groups (broad SMARTS) is 1. The summed E-state index contributed by atoms with van der Waals surface area (Å²) >= 11 is 0. The van der Waals surface area contributed by atoms with Gasteiger partial charge in [-0.1, -0.05) is 44.2 Å². The van der Waals surface area contributed by atoms with Crippen LogP contribution in [0.3, 0.4) is 0 Å². The normalized spacial score (nSPS) is 10.8. The minimum atomic E-state index is -1.03. The minimum absolute atomic E-state index is 0.0138. The molecular weight excluding hydrogens is 216 g/mol. The molecule has 0 aliphatic rings. The Morgan fingerprint density at radius 2 is 1.88 bits per heavy atom. The predicted octanol–water partition coefficient (Wildman–Crippen LogP) is 3.77. The maximum Gasteiger partial charge on any atom is 0.372 e. The summed E-state index contributed by atoms with van der Waals surface area (Å²) in [5, 5.41) is 9.13. The smallest absolute Gasteiger partial charge is 0.372 e. The number of carboxylic acids is 1. The van der Waals surface area contributed by atoms with Gasteiger partial charge < -0.3 is 9.52 Å². The first-order valence-corrected chi connectivity index (χ1v) is 5.52. The molecule has 3 nitrogen and oxygen atoms in total. The van der Waals surface area contributed by atoms with Crippen LogP contribution < -0.4 is 0 Å². The summed E-state index contributed by atoms with van der Waals surface area (Å²) in [6, 6.07) is 11.2. The van der Waals surface area contributed by atoms with E-state index in [1.54, 1.807) is 0 Å². The topological polar surface area (TPSA) is 50.4 Å². The molecule has 0 aliphatic heterocycles. The second kappa shape index (κ2) is 4.45. The monoisotopic (exact) mass is 230 g/mol. The SMILES string of the molecule is CC(C)c1cc(-c2ccccc2)c(C(=O)O)o1. The predicted molar refractivity (Wildman–Crippen MR) is 65.2 cm³/mol. The molecule has 88 valence electrons. The molecule has 2 rings (SSSR count). The van der Waals surface area contributed by atoms with Crippen LogP contribution >= 0.6 is 0 Å². The first-order valence-electron chi connectivity index (χ1n) is 5.52. The fourth-order valence-electron chi connectivity index (χ4n) is 1.69. The quantitative estimate of drug-likeness (QED) is 0.873. The van der Waals surface area contributed by atoms with Gasteiger partial charge in [0.25, 0.3) is 0 Å². The Kier molecular flexibility index (Phi) is 3.00. The molecule has 3 heteroatoms. The van der Waals surface area contributed by atoms with E-state index in [4.69, 9.17) is 9.52 Å². The third-order valence-corrected chi connectivity index (χ3v) is 2.60. The minimum Gasteiger partial charge on any atom is -0.475 e. The van der Waals surface area contributed by atoms with E-state index in [9.17, 15) is 4.79 Å². The summed E-state index contributed by atoms with van der Waals surface area (Å²) in [5.74, 6) is -0.150. The molecular formula is C14H14O3. The van der Waals surface area contributed by atoms with Crippen LogP contribution in [0.4, 0.5) is 0 Å². The number of furan rings is 1. The Morgan fingerprint density at radius 1 is 1.24 bits per heavy atom. The third kappa shape index (κ3) is 2.23. The highest BCUT2D eigenvalue weighted by Crippen LogP contribution is 2.30. The number of benzene rings is 1. The van der Waals surface area contributed by atoms with Gasteiger partial charge in [-0.25, -0.2) is 4.79 Å². The first kappa shape index (κ1) is 11.5. The Labute approximate surface area is 99.7 Å². The second-order valence-corrected chi connectivity index (χ2v) is 4.22. The molecule has 0 bridgehead atoms. The molecule has 0 spiro atoms.